The van der Waals surface area contributed by atoms with Crippen molar-refractivity contribution < 1.29 is 14.3 Å². The Kier molecular flexibility index (Phi) is 4.98. The zero-order chi connectivity index (χ0) is 19.0. The zero-order valence-corrected chi connectivity index (χ0v) is 16.3. The molecule has 1 amide bonds. The van der Waals surface area contributed by atoms with Crippen LogP contribution in [-0.4, -0.2) is 37.1 Å². The van der Waals surface area contributed by atoms with Crippen molar-refractivity contribution in [3.05, 3.63) is 53.1 Å². The van der Waals surface area contributed by atoms with Crippen LogP contribution in [0.5, 0.6) is 11.5 Å². The summed E-state index contributed by atoms with van der Waals surface area (Å²) in [4.78, 5) is 17.3. The van der Waals surface area contributed by atoms with E-state index in [-0.39, 0.29) is 18.1 Å². The quantitative estimate of drug-likeness (QED) is 0.770. The molecule has 4 rings (SSSR count). The maximum absolute atomic E-state index is 13.2. The number of anilines is 1. The number of carbonyl (C=O) groups is 1. The van der Waals surface area contributed by atoms with Crippen LogP contribution < -0.4 is 14.4 Å². The SMILES string of the molecule is CCOc1ccc([C@H]2N(c3cccc(Cl)c3)C(=O)[C@H]3CCCN32)cc1OC. The Morgan fingerprint density at radius 3 is 2.78 bits per heavy atom. The number of carbonyl (C=O) groups excluding carboxylic acids is 1. The lowest BCUT2D eigenvalue weighted by molar-refractivity contribution is -0.119. The summed E-state index contributed by atoms with van der Waals surface area (Å²) in [5.74, 6) is 1.52. The fourth-order valence-corrected chi connectivity index (χ4v) is 4.32. The van der Waals surface area contributed by atoms with Gasteiger partial charge in [0, 0.05) is 17.3 Å². The minimum Gasteiger partial charge on any atom is -0.493 e. The van der Waals surface area contributed by atoms with E-state index in [0.29, 0.717) is 23.1 Å². The molecule has 6 heteroatoms. The highest BCUT2D eigenvalue weighted by Gasteiger charge is 2.49. The Morgan fingerprint density at radius 1 is 1.19 bits per heavy atom. The smallest absolute Gasteiger partial charge is 0.246 e. The standard InChI is InChI=1S/C21H23ClN2O3/c1-3-27-18-10-9-14(12-19(18)26-2)20-23-11-5-8-17(23)21(25)24(20)16-7-4-6-15(22)13-16/h4,6-7,9-10,12-13,17,20H,3,5,8,11H2,1-2H3/t17-,20-/m1/s1. The molecule has 5 nitrogen and oxygen atoms in total. The number of hydrogen-bond acceptors (Lipinski definition) is 4. The number of benzene rings is 2. The number of rotatable bonds is 5. The molecule has 0 N–H and O–H groups in total. The highest BCUT2D eigenvalue weighted by Crippen LogP contribution is 2.44. The molecule has 2 heterocycles. The van der Waals surface area contributed by atoms with Gasteiger partial charge in [0.15, 0.2) is 11.5 Å². The third-order valence-corrected chi connectivity index (χ3v) is 5.48. The first kappa shape index (κ1) is 18.1. The van der Waals surface area contributed by atoms with E-state index in [1.54, 1.807) is 7.11 Å². The molecule has 2 fully saturated rings. The number of halogens is 1. The van der Waals surface area contributed by atoms with Gasteiger partial charge in [-0.2, -0.15) is 0 Å². The Bertz CT molecular complexity index is 857. The van der Waals surface area contributed by atoms with E-state index in [2.05, 4.69) is 4.90 Å². The highest BCUT2D eigenvalue weighted by atomic mass is 35.5. The van der Waals surface area contributed by atoms with Crippen molar-refractivity contribution in [2.24, 2.45) is 0 Å². The van der Waals surface area contributed by atoms with E-state index >= 15 is 0 Å². The van der Waals surface area contributed by atoms with Gasteiger partial charge in [-0.15, -0.1) is 0 Å². The van der Waals surface area contributed by atoms with Gasteiger partial charge >= 0.3 is 0 Å². The lowest BCUT2D eigenvalue weighted by Gasteiger charge is -2.30. The van der Waals surface area contributed by atoms with Gasteiger partial charge in [0.2, 0.25) is 5.91 Å². The molecule has 27 heavy (non-hydrogen) atoms. The van der Waals surface area contributed by atoms with Crippen LogP contribution in [-0.2, 0) is 4.79 Å². The van der Waals surface area contributed by atoms with Crippen LogP contribution in [0, 0.1) is 0 Å². The molecule has 2 aliphatic rings. The minimum absolute atomic E-state index is 0.0773. The van der Waals surface area contributed by atoms with Crippen LogP contribution in [0.25, 0.3) is 0 Å². The van der Waals surface area contributed by atoms with E-state index < -0.39 is 0 Å². The van der Waals surface area contributed by atoms with E-state index in [4.69, 9.17) is 21.1 Å². The summed E-state index contributed by atoms with van der Waals surface area (Å²) in [7, 11) is 1.63. The largest absolute Gasteiger partial charge is 0.493 e. The normalized spacial score (nSPS) is 22.2. The molecular weight excluding hydrogens is 364 g/mol. The molecule has 2 aliphatic heterocycles. The first-order chi connectivity index (χ1) is 13.1. The molecule has 142 valence electrons. The second-order valence-corrected chi connectivity index (χ2v) is 7.24. The van der Waals surface area contributed by atoms with Crippen molar-refractivity contribution in [1.82, 2.24) is 4.90 Å². The second-order valence-electron chi connectivity index (χ2n) is 6.80. The molecule has 2 aromatic carbocycles. The van der Waals surface area contributed by atoms with Crippen LogP contribution >= 0.6 is 11.6 Å². The van der Waals surface area contributed by atoms with Gasteiger partial charge in [0.25, 0.3) is 0 Å². The van der Waals surface area contributed by atoms with Crippen LogP contribution in [0.3, 0.4) is 0 Å². The summed E-state index contributed by atoms with van der Waals surface area (Å²) in [6.07, 6.45) is 1.75. The monoisotopic (exact) mass is 386 g/mol. The van der Waals surface area contributed by atoms with Gasteiger partial charge in [-0.05, 0) is 55.7 Å². The van der Waals surface area contributed by atoms with Crippen molar-refractivity contribution in [1.29, 1.82) is 0 Å². The molecule has 0 saturated carbocycles. The van der Waals surface area contributed by atoms with Crippen molar-refractivity contribution in [3.63, 3.8) is 0 Å². The van der Waals surface area contributed by atoms with Crippen molar-refractivity contribution >= 4 is 23.2 Å². The Balaban J connectivity index is 1.79. The van der Waals surface area contributed by atoms with Gasteiger partial charge in [-0.3, -0.25) is 14.6 Å². The van der Waals surface area contributed by atoms with Gasteiger partial charge in [-0.25, -0.2) is 0 Å². The summed E-state index contributed by atoms with van der Waals surface area (Å²) in [6, 6.07) is 13.3. The van der Waals surface area contributed by atoms with E-state index in [0.717, 1.165) is 30.6 Å². The van der Waals surface area contributed by atoms with Crippen LogP contribution in [0.2, 0.25) is 5.02 Å². The number of amides is 1. The highest BCUT2D eigenvalue weighted by molar-refractivity contribution is 6.31. The maximum Gasteiger partial charge on any atom is 0.246 e. The number of methoxy groups -OCH3 is 1. The maximum atomic E-state index is 13.2. The van der Waals surface area contributed by atoms with E-state index in [1.165, 1.54) is 0 Å². The molecule has 0 aromatic heterocycles. The van der Waals surface area contributed by atoms with E-state index in [1.807, 2.05) is 54.3 Å². The molecule has 2 aromatic rings. The van der Waals surface area contributed by atoms with Crippen molar-refractivity contribution in [3.8, 4) is 11.5 Å². The topological polar surface area (TPSA) is 42.0 Å². The number of hydrogen-bond donors (Lipinski definition) is 0. The number of fused-ring (bicyclic) bond motifs is 1. The predicted molar refractivity (Wildman–Crippen MR) is 106 cm³/mol. The lowest BCUT2D eigenvalue weighted by atomic mass is 10.1. The van der Waals surface area contributed by atoms with Gasteiger partial charge in [0.05, 0.1) is 19.8 Å². The fourth-order valence-electron chi connectivity index (χ4n) is 4.13. The zero-order valence-electron chi connectivity index (χ0n) is 15.5. The van der Waals surface area contributed by atoms with Crippen LogP contribution in [0.4, 0.5) is 5.69 Å². The molecule has 0 radical (unpaired) electrons. The second kappa shape index (κ2) is 7.41. The average Bonchev–Trinajstić information content (AvgIpc) is 3.24. The Hall–Kier alpha value is -2.24. The molecule has 2 saturated heterocycles. The van der Waals surface area contributed by atoms with Gasteiger partial charge in [-0.1, -0.05) is 23.7 Å². The molecule has 0 bridgehead atoms. The predicted octanol–water partition coefficient (Wildman–Crippen LogP) is 4.26. The fraction of sp³-hybridized carbons (Fsp3) is 0.381. The first-order valence-electron chi connectivity index (χ1n) is 9.29. The molecule has 0 spiro atoms. The summed E-state index contributed by atoms with van der Waals surface area (Å²) in [5, 5.41) is 0.621. The van der Waals surface area contributed by atoms with Crippen LogP contribution in [0.15, 0.2) is 42.5 Å². The molecule has 0 aliphatic carbocycles. The van der Waals surface area contributed by atoms with E-state index in [9.17, 15) is 4.79 Å². The Labute approximate surface area is 164 Å². The summed E-state index contributed by atoms with van der Waals surface area (Å²) >= 11 is 6.20. The van der Waals surface area contributed by atoms with Crippen molar-refractivity contribution in [2.75, 3.05) is 25.2 Å². The third kappa shape index (κ3) is 3.15. The van der Waals surface area contributed by atoms with Crippen LogP contribution in [0.1, 0.15) is 31.5 Å². The summed E-state index contributed by atoms with van der Waals surface area (Å²) in [5.41, 5.74) is 1.83. The lowest BCUT2D eigenvalue weighted by Crippen LogP contribution is -2.32. The molecule has 0 unspecified atom stereocenters. The minimum atomic E-state index is -0.173. The Morgan fingerprint density at radius 2 is 2.04 bits per heavy atom. The summed E-state index contributed by atoms with van der Waals surface area (Å²) < 4.78 is 11.2. The first-order valence-corrected chi connectivity index (χ1v) is 9.67. The number of nitrogens with zero attached hydrogens (tertiary/aromatic N) is 2. The molecule has 2 atom stereocenters. The molecular formula is C21H23ClN2O3. The van der Waals surface area contributed by atoms with Crippen molar-refractivity contribution in [2.45, 2.75) is 32.0 Å². The number of ether oxygens (including phenoxy) is 2. The van der Waals surface area contributed by atoms with Gasteiger partial charge in [0.1, 0.15) is 6.17 Å². The van der Waals surface area contributed by atoms with Gasteiger partial charge < -0.3 is 9.47 Å². The average molecular weight is 387 g/mol. The third-order valence-electron chi connectivity index (χ3n) is 5.25. The summed E-state index contributed by atoms with van der Waals surface area (Å²) in [6.45, 7) is 3.41.